The van der Waals surface area contributed by atoms with Crippen molar-refractivity contribution >= 4 is 11.6 Å². The van der Waals surface area contributed by atoms with Gasteiger partial charge in [0.25, 0.3) is 5.91 Å². The lowest BCUT2D eigenvalue weighted by Gasteiger charge is -2.30. The van der Waals surface area contributed by atoms with Crippen molar-refractivity contribution in [3.8, 4) is 11.1 Å². The zero-order valence-corrected chi connectivity index (χ0v) is 16.6. The van der Waals surface area contributed by atoms with Crippen molar-refractivity contribution < 1.29 is 13.6 Å². The summed E-state index contributed by atoms with van der Waals surface area (Å²) >= 11 is 0. The van der Waals surface area contributed by atoms with E-state index in [1.54, 1.807) is 22.7 Å². The molecule has 0 radical (unpaired) electrons. The Morgan fingerprint density at radius 1 is 1.17 bits per heavy atom. The van der Waals surface area contributed by atoms with Gasteiger partial charge in [-0.05, 0) is 61.7 Å². The second-order valence-corrected chi connectivity index (χ2v) is 7.70. The van der Waals surface area contributed by atoms with Gasteiger partial charge in [0.15, 0.2) is 17.2 Å². The average molecular weight is 404 g/mol. The van der Waals surface area contributed by atoms with E-state index >= 15 is 0 Å². The van der Waals surface area contributed by atoms with Crippen LogP contribution in [0.25, 0.3) is 16.8 Å². The molecule has 3 aromatic heterocycles. The molecule has 1 unspecified atom stereocenters. The van der Waals surface area contributed by atoms with Crippen LogP contribution < -0.4 is 0 Å². The van der Waals surface area contributed by atoms with Gasteiger partial charge < -0.3 is 9.32 Å². The first-order valence-electron chi connectivity index (χ1n) is 10.0. The minimum atomic E-state index is -0.273. The summed E-state index contributed by atoms with van der Waals surface area (Å²) in [5, 5.41) is 4.67. The Bertz CT molecular complexity index is 1230. The number of rotatable bonds is 3. The summed E-state index contributed by atoms with van der Waals surface area (Å²) < 4.78 is 20.8. The molecule has 7 heteroatoms. The molecule has 1 aromatic carbocycles. The minimum Gasteiger partial charge on any atom is -0.456 e. The van der Waals surface area contributed by atoms with E-state index in [2.05, 4.69) is 10.1 Å². The number of carbonyl (C=O) groups is 1. The summed E-state index contributed by atoms with van der Waals surface area (Å²) in [4.78, 5) is 19.2. The topological polar surface area (TPSA) is 63.6 Å². The van der Waals surface area contributed by atoms with E-state index < -0.39 is 0 Å². The van der Waals surface area contributed by atoms with Crippen LogP contribution in [0.5, 0.6) is 0 Å². The molecule has 1 saturated heterocycles. The number of fused-ring (bicyclic) bond motifs is 1. The lowest BCUT2D eigenvalue weighted by atomic mass is 9.97. The second-order valence-electron chi connectivity index (χ2n) is 7.70. The molecule has 1 aliphatic rings. The monoisotopic (exact) mass is 404 g/mol. The summed E-state index contributed by atoms with van der Waals surface area (Å²) in [7, 11) is 0. The first kappa shape index (κ1) is 18.5. The maximum atomic E-state index is 13.6. The molecule has 1 fully saturated rings. The van der Waals surface area contributed by atoms with Gasteiger partial charge in [0.1, 0.15) is 11.6 Å². The molecule has 152 valence electrons. The Labute approximate surface area is 173 Å². The molecule has 0 bridgehead atoms. The summed E-state index contributed by atoms with van der Waals surface area (Å²) in [5.74, 6) is 1.52. The lowest BCUT2D eigenvalue weighted by Crippen LogP contribution is -2.39. The molecule has 1 amide bonds. The second kappa shape index (κ2) is 7.40. The van der Waals surface area contributed by atoms with E-state index in [4.69, 9.17) is 4.42 Å². The number of carbonyl (C=O) groups excluding carboxylic acids is 1. The van der Waals surface area contributed by atoms with Gasteiger partial charge in [-0.2, -0.15) is 5.10 Å². The van der Waals surface area contributed by atoms with E-state index in [0.29, 0.717) is 18.8 Å². The highest BCUT2D eigenvalue weighted by Gasteiger charge is 2.29. The zero-order chi connectivity index (χ0) is 20.7. The summed E-state index contributed by atoms with van der Waals surface area (Å²) in [6.45, 7) is 3.09. The Morgan fingerprint density at radius 2 is 2.07 bits per heavy atom. The molecule has 4 heterocycles. The maximum absolute atomic E-state index is 13.6. The summed E-state index contributed by atoms with van der Waals surface area (Å²) in [6.07, 6.45) is 3.67. The maximum Gasteiger partial charge on any atom is 0.289 e. The van der Waals surface area contributed by atoms with E-state index in [1.807, 2.05) is 36.2 Å². The molecule has 0 aliphatic carbocycles. The Hall–Kier alpha value is -3.48. The van der Waals surface area contributed by atoms with Gasteiger partial charge in [-0.1, -0.05) is 12.1 Å². The van der Waals surface area contributed by atoms with Gasteiger partial charge in [0.2, 0.25) is 0 Å². The Kier molecular flexibility index (Phi) is 4.58. The van der Waals surface area contributed by atoms with Crippen LogP contribution in [0.15, 0.2) is 59.1 Å². The molecule has 4 aromatic rings. The number of aryl methyl sites for hydroxylation is 1. The quantitative estimate of drug-likeness (QED) is 0.506. The van der Waals surface area contributed by atoms with Crippen LogP contribution in [0, 0.1) is 12.7 Å². The van der Waals surface area contributed by atoms with Crippen LogP contribution in [0.1, 0.15) is 40.9 Å². The standard InChI is InChI=1S/C23H21FN4O2/c1-15-7-9-20(30-15)23(29)27-11-3-5-18(13-27)22-25-21-10-8-17(14-28(21)26-22)16-4-2-6-19(24)12-16/h2,4,6-10,12,14,18H,3,5,11,13H2,1H3. The van der Waals surface area contributed by atoms with Crippen LogP contribution in [0.4, 0.5) is 4.39 Å². The van der Waals surface area contributed by atoms with E-state index in [-0.39, 0.29) is 17.6 Å². The molecule has 30 heavy (non-hydrogen) atoms. The van der Waals surface area contributed by atoms with Crippen molar-refractivity contribution in [2.45, 2.75) is 25.7 Å². The fourth-order valence-electron chi connectivity index (χ4n) is 3.99. The number of hydrogen-bond donors (Lipinski definition) is 0. The highest BCUT2D eigenvalue weighted by atomic mass is 19.1. The predicted octanol–water partition coefficient (Wildman–Crippen LogP) is 4.46. The Balaban J connectivity index is 1.39. The zero-order valence-electron chi connectivity index (χ0n) is 16.6. The van der Waals surface area contributed by atoms with E-state index in [1.165, 1.54) is 12.1 Å². The molecule has 1 aliphatic heterocycles. The smallest absolute Gasteiger partial charge is 0.289 e. The van der Waals surface area contributed by atoms with Crippen LogP contribution in [0.2, 0.25) is 0 Å². The molecule has 6 nitrogen and oxygen atoms in total. The molecule has 0 N–H and O–H groups in total. The fourth-order valence-corrected chi connectivity index (χ4v) is 3.99. The van der Waals surface area contributed by atoms with Crippen molar-refractivity contribution in [1.82, 2.24) is 19.5 Å². The van der Waals surface area contributed by atoms with E-state index in [0.717, 1.165) is 41.2 Å². The summed E-state index contributed by atoms with van der Waals surface area (Å²) in [5.41, 5.74) is 2.39. The third-order valence-corrected chi connectivity index (χ3v) is 5.53. The van der Waals surface area contributed by atoms with Crippen molar-refractivity contribution in [1.29, 1.82) is 0 Å². The van der Waals surface area contributed by atoms with Gasteiger partial charge >= 0.3 is 0 Å². The number of piperidine rings is 1. The SMILES string of the molecule is Cc1ccc(C(=O)N2CCCC(c3nc4ccc(-c5cccc(F)c5)cn4n3)C2)o1. The number of benzene rings is 1. The van der Waals surface area contributed by atoms with Crippen LogP contribution in [-0.4, -0.2) is 38.5 Å². The molecular formula is C23H21FN4O2. The first-order chi connectivity index (χ1) is 14.6. The number of likely N-dealkylation sites (tertiary alicyclic amines) is 1. The van der Waals surface area contributed by atoms with Gasteiger partial charge in [-0.15, -0.1) is 0 Å². The third kappa shape index (κ3) is 3.47. The molecule has 0 saturated carbocycles. The van der Waals surface area contributed by atoms with Crippen molar-refractivity contribution in [3.63, 3.8) is 0 Å². The number of hydrogen-bond acceptors (Lipinski definition) is 4. The predicted molar refractivity (Wildman–Crippen MR) is 110 cm³/mol. The van der Waals surface area contributed by atoms with Crippen molar-refractivity contribution in [2.75, 3.05) is 13.1 Å². The highest BCUT2D eigenvalue weighted by Crippen LogP contribution is 2.27. The molecule has 5 rings (SSSR count). The third-order valence-electron chi connectivity index (χ3n) is 5.53. The van der Waals surface area contributed by atoms with Crippen molar-refractivity contribution in [3.05, 3.63) is 77.9 Å². The molecule has 0 spiro atoms. The number of nitrogens with zero attached hydrogens (tertiary/aromatic N) is 4. The molecular weight excluding hydrogens is 383 g/mol. The van der Waals surface area contributed by atoms with Gasteiger partial charge in [0, 0.05) is 30.8 Å². The normalized spacial score (nSPS) is 16.9. The van der Waals surface area contributed by atoms with Gasteiger partial charge in [-0.3, -0.25) is 4.79 Å². The number of furan rings is 1. The first-order valence-corrected chi connectivity index (χ1v) is 10.0. The Morgan fingerprint density at radius 3 is 2.87 bits per heavy atom. The van der Waals surface area contributed by atoms with E-state index in [9.17, 15) is 9.18 Å². The number of aromatic nitrogens is 3. The number of pyridine rings is 1. The lowest BCUT2D eigenvalue weighted by molar-refractivity contribution is 0.0671. The number of halogens is 1. The minimum absolute atomic E-state index is 0.0660. The van der Waals surface area contributed by atoms with Gasteiger partial charge in [0.05, 0.1) is 0 Å². The average Bonchev–Trinajstić information content (AvgIpc) is 3.39. The number of amides is 1. The van der Waals surface area contributed by atoms with Crippen molar-refractivity contribution in [2.24, 2.45) is 0 Å². The van der Waals surface area contributed by atoms with Crippen LogP contribution >= 0.6 is 0 Å². The summed E-state index contributed by atoms with van der Waals surface area (Å²) in [6, 6.07) is 13.8. The highest BCUT2D eigenvalue weighted by molar-refractivity contribution is 5.91. The van der Waals surface area contributed by atoms with Crippen LogP contribution in [-0.2, 0) is 0 Å². The largest absolute Gasteiger partial charge is 0.456 e. The van der Waals surface area contributed by atoms with Gasteiger partial charge in [-0.25, -0.2) is 13.9 Å². The fraction of sp³-hybridized carbons (Fsp3) is 0.261. The van der Waals surface area contributed by atoms with Crippen LogP contribution in [0.3, 0.4) is 0 Å². The molecule has 1 atom stereocenters.